The van der Waals surface area contributed by atoms with Gasteiger partial charge in [0.15, 0.2) is 0 Å². The van der Waals surface area contributed by atoms with Crippen LogP contribution in [0.25, 0.3) is 0 Å². The first-order valence-corrected chi connectivity index (χ1v) is 6.36. The Bertz CT molecular complexity index is 379. The van der Waals surface area contributed by atoms with Crippen molar-refractivity contribution < 1.29 is 4.39 Å². The normalized spacial score (nSPS) is 14.5. The Labute approximate surface area is 110 Å². The third-order valence-corrected chi connectivity index (χ3v) is 3.39. The van der Waals surface area contributed by atoms with E-state index in [1.807, 2.05) is 32.2 Å². The highest BCUT2D eigenvalue weighted by Crippen LogP contribution is 2.22. The molecule has 3 heteroatoms. The molecule has 1 aromatic rings. The molecule has 0 aromatic heterocycles. The lowest BCUT2D eigenvalue weighted by Crippen LogP contribution is -2.39. The second-order valence-electron chi connectivity index (χ2n) is 4.66. The summed E-state index contributed by atoms with van der Waals surface area (Å²) in [7, 11) is 2.03. The summed E-state index contributed by atoms with van der Waals surface area (Å²) in [6.07, 6.45) is 1.84. The van der Waals surface area contributed by atoms with Gasteiger partial charge in [-0.1, -0.05) is 24.3 Å². The van der Waals surface area contributed by atoms with E-state index in [0.29, 0.717) is 6.04 Å². The Morgan fingerprint density at radius 1 is 1.39 bits per heavy atom. The van der Waals surface area contributed by atoms with Gasteiger partial charge in [-0.05, 0) is 27.0 Å². The Morgan fingerprint density at radius 3 is 2.67 bits per heavy atom. The molecule has 2 nitrogen and oxygen atoms in total. The first-order chi connectivity index (χ1) is 8.57. The third-order valence-electron chi connectivity index (χ3n) is 3.39. The molecule has 100 valence electrons. The lowest BCUT2D eigenvalue weighted by Gasteiger charge is -2.31. The fourth-order valence-electron chi connectivity index (χ4n) is 1.95. The molecule has 2 atom stereocenters. The molecule has 0 aliphatic heterocycles. The molecule has 2 unspecified atom stereocenters. The minimum absolute atomic E-state index is 0.0618. The van der Waals surface area contributed by atoms with E-state index in [9.17, 15) is 4.39 Å². The summed E-state index contributed by atoms with van der Waals surface area (Å²) in [6, 6.07) is 7.36. The van der Waals surface area contributed by atoms with Gasteiger partial charge in [0.05, 0.1) is 0 Å². The van der Waals surface area contributed by atoms with Crippen molar-refractivity contribution in [1.29, 1.82) is 0 Å². The molecular weight excluding hydrogens is 227 g/mol. The number of likely N-dealkylation sites (N-methyl/N-ethyl adjacent to an activating group) is 1. The van der Waals surface area contributed by atoms with Crippen molar-refractivity contribution >= 4 is 0 Å². The van der Waals surface area contributed by atoms with Crippen LogP contribution in [0, 0.1) is 5.82 Å². The van der Waals surface area contributed by atoms with Crippen LogP contribution in [0.5, 0.6) is 0 Å². The number of rotatable bonds is 7. The van der Waals surface area contributed by atoms with Crippen molar-refractivity contribution in [3.8, 4) is 0 Å². The van der Waals surface area contributed by atoms with Crippen LogP contribution in [0.2, 0.25) is 0 Å². The van der Waals surface area contributed by atoms with E-state index in [1.165, 1.54) is 6.07 Å². The van der Waals surface area contributed by atoms with Gasteiger partial charge in [-0.15, -0.1) is 6.58 Å². The smallest absolute Gasteiger partial charge is 0.127 e. The van der Waals surface area contributed by atoms with Crippen LogP contribution < -0.4 is 5.32 Å². The average molecular weight is 250 g/mol. The molecule has 0 aliphatic rings. The molecule has 0 amide bonds. The molecule has 1 aromatic carbocycles. The molecule has 0 spiro atoms. The maximum atomic E-state index is 13.7. The minimum atomic E-state index is -0.136. The Hall–Kier alpha value is -1.19. The number of halogens is 1. The van der Waals surface area contributed by atoms with E-state index < -0.39 is 0 Å². The molecule has 18 heavy (non-hydrogen) atoms. The fourth-order valence-corrected chi connectivity index (χ4v) is 1.95. The molecule has 1 N–H and O–H groups in total. The van der Waals surface area contributed by atoms with Gasteiger partial charge < -0.3 is 5.32 Å². The lowest BCUT2D eigenvalue weighted by molar-refractivity contribution is 0.191. The van der Waals surface area contributed by atoms with Crippen LogP contribution in [-0.2, 0) is 0 Å². The van der Waals surface area contributed by atoms with Crippen molar-refractivity contribution in [1.82, 2.24) is 10.2 Å². The highest BCUT2D eigenvalue weighted by atomic mass is 19.1. The maximum absolute atomic E-state index is 13.7. The topological polar surface area (TPSA) is 15.3 Å². The molecule has 1 rings (SSSR count). The van der Waals surface area contributed by atoms with Gasteiger partial charge in [0.25, 0.3) is 0 Å². The van der Waals surface area contributed by atoms with Crippen LogP contribution in [0.3, 0.4) is 0 Å². The van der Waals surface area contributed by atoms with Crippen molar-refractivity contribution in [2.45, 2.75) is 25.9 Å². The number of nitrogens with zero attached hydrogens (tertiary/aromatic N) is 1. The Balaban J connectivity index is 2.63. The molecule has 0 bridgehead atoms. The van der Waals surface area contributed by atoms with Crippen molar-refractivity contribution in [3.63, 3.8) is 0 Å². The lowest BCUT2D eigenvalue weighted by atomic mass is 10.1. The van der Waals surface area contributed by atoms with Gasteiger partial charge in [0.1, 0.15) is 5.82 Å². The summed E-state index contributed by atoms with van der Waals surface area (Å²) in [5.41, 5.74) is 0.746. The predicted octanol–water partition coefficient (Wildman–Crippen LogP) is 2.98. The number of nitrogens with one attached hydrogen (secondary N) is 1. The average Bonchev–Trinajstić information content (AvgIpc) is 2.38. The highest BCUT2D eigenvalue weighted by Gasteiger charge is 2.19. The van der Waals surface area contributed by atoms with E-state index >= 15 is 0 Å². The predicted molar refractivity (Wildman–Crippen MR) is 75.1 cm³/mol. The van der Waals surface area contributed by atoms with Gasteiger partial charge in [0, 0.05) is 30.7 Å². The van der Waals surface area contributed by atoms with E-state index in [0.717, 1.165) is 18.7 Å². The molecule has 0 aliphatic carbocycles. The number of hydrogen-bond acceptors (Lipinski definition) is 2. The Kier molecular flexibility index (Phi) is 6.02. The van der Waals surface area contributed by atoms with Gasteiger partial charge in [0.2, 0.25) is 0 Å². The fraction of sp³-hybridized carbons (Fsp3) is 0.467. The van der Waals surface area contributed by atoms with E-state index in [1.54, 1.807) is 6.07 Å². The summed E-state index contributed by atoms with van der Waals surface area (Å²) < 4.78 is 13.7. The number of benzene rings is 1. The molecular formula is C15H23FN2. The monoisotopic (exact) mass is 250 g/mol. The molecule has 0 radical (unpaired) electrons. The van der Waals surface area contributed by atoms with Crippen molar-refractivity contribution in [2.75, 3.05) is 20.1 Å². The Morgan fingerprint density at radius 2 is 2.06 bits per heavy atom. The van der Waals surface area contributed by atoms with E-state index in [-0.39, 0.29) is 11.9 Å². The van der Waals surface area contributed by atoms with E-state index in [4.69, 9.17) is 0 Å². The minimum Gasteiger partial charge on any atom is -0.312 e. The van der Waals surface area contributed by atoms with Gasteiger partial charge in [-0.25, -0.2) is 4.39 Å². The van der Waals surface area contributed by atoms with Crippen molar-refractivity contribution in [2.24, 2.45) is 0 Å². The zero-order chi connectivity index (χ0) is 13.5. The second kappa shape index (κ2) is 7.29. The first-order valence-electron chi connectivity index (χ1n) is 6.36. The van der Waals surface area contributed by atoms with Crippen LogP contribution in [0.1, 0.15) is 25.5 Å². The zero-order valence-corrected chi connectivity index (χ0v) is 11.5. The summed E-state index contributed by atoms with van der Waals surface area (Å²) in [5.74, 6) is -0.136. The van der Waals surface area contributed by atoms with E-state index in [2.05, 4.69) is 23.7 Å². The molecule has 0 saturated carbocycles. The first kappa shape index (κ1) is 14.9. The molecule has 0 saturated heterocycles. The van der Waals surface area contributed by atoms with Crippen LogP contribution in [0.4, 0.5) is 4.39 Å². The van der Waals surface area contributed by atoms with Crippen LogP contribution >= 0.6 is 0 Å². The quantitative estimate of drug-likeness (QED) is 0.591. The van der Waals surface area contributed by atoms with Gasteiger partial charge in [-0.3, -0.25) is 4.90 Å². The SMILES string of the molecule is C=CCNCC(C)N(C)C(C)c1ccccc1F. The second-order valence-corrected chi connectivity index (χ2v) is 4.66. The maximum Gasteiger partial charge on any atom is 0.127 e. The largest absolute Gasteiger partial charge is 0.312 e. The summed E-state index contributed by atoms with van der Waals surface area (Å²) >= 11 is 0. The van der Waals surface area contributed by atoms with Crippen LogP contribution in [0.15, 0.2) is 36.9 Å². The summed E-state index contributed by atoms with van der Waals surface area (Å²) in [5, 5.41) is 3.28. The molecule has 0 heterocycles. The zero-order valence-electron chi connectivity index (χ0n) is 11.5. The van der Waals surface area contributed by atoms with Crippen LogP contribution in [-0.4, -0.2) is 31.1 Å². The summed E-state index contributed by atoms with van der Waals surface area (Å²) in [4.78, 5) is 2.18. The standard InChI is InChI=1S/C15H23FN2/c1-5-10-17-11-12(2)18(4)13(3)14-8-6-7-9-15(14)16/h5-9,12-13,17H,1,10-11H2,2-4H3. The van der Waals surface area contributed by atoms with Gasteiger partial charge in [-0.2, -0.15) is 0 Å². The molecule has 0 fully saturated rings. The highest BCUT2D eigenvalue weighted by molar-refractivity contribution is 5.20. The van der Waals surface area contributed by atoms with Crippen molar-refractivity contribution in [3.05, 3.63) is 48.3 Å². The summed E-state index contributed by atoms with van der Waals surface area (Å²) in [6.45, 7) is 9.49. The third kappa shape index (κ3) is 3.93. The van der Waals surface area contributed by atoms with Gasteiger partial charge >= 0.3 is 0 Å². The number of hydrogen-bond donors (Lipinski definition) is 1.